The van der Waals surface area contributed by atoms with Crippen molar-refractivity contribution in [2.24, 2.45) is 0 Å². The highest BCUT2D eigenvalue weighted by atomic mass is 32.1. The lowest BCUT2D eigenvalue weighted by Crippen LogP contribution is -2.20. The average molecular weight is 523 g/mol. The molecule has 0 fully saturated rings. The molecule has 0 spiro atoms. The summed E-state index contributed by atoms with van der Waals surface area (Å²) >= 11 is 1.31. The molecule has 0 radical (unpaired) electrons. The highest BCUT2D eigenvalue weighted by Gasteiger charge is 2.37. The van der Waals surface area contributed by atoms with Crippen molar-refractivity contribution in [3.05, 3.63) is 45.2 Å². The lowest BCUT2D eigenvalue weighted by atomic mass is 9.91. The molecule has 1 amide bonds. The van der Waals surface area contributed by atoms with E-state index in [1.165, 1.54) is 17.4 Å². The van der Waals surface area contributed by atoms with Crippen LogP contribution < -0.4 is 5.32 Å². The second-order valence-electron chi connectivity index (χ2n) is 10.1. The number of carbonyl (C=O) groups is 2. The second-order valence-corrected chi connectivity index (χ2v) is 11.2. The molecule has 3 aromatic rings. The third-order valence-electron chi connectivity index (χ3n) is 6.20. The molecule has 1 aliphatic carbocycles. The average Bonchev–Trinajstić information content (AvgIpc) is 3.38. The molecular formula is C25H29F3N4O3S. The van der Waals surface area contributed by atoms with Gasteiger partial charge in [0.05, 0.1) is 17.4 Å². The van der Waals surface area contributed by atoms with E-state index in [-0.39, 0.29) is 23.1 Å². The predicted octanol–water partition coefficient (Wildman–Crippen LogP) is 6.19. The quantitative estimate of drug-likeness (QED) is 0.404. The van der Waals surface area contributed by atoms with E-state index < -0.39 is 29.2 Å². The van der Waals surface area contributed by atoms with Gasteiger partial charge in [-0.15, -0.1) is 11.3 Å². The van der Waals surface area contributed by atoms with Crippen molar-refractivity contribution in [1.29, 1.82) is 0 Å². The Morgan fingerprint density at radius 1 is 1.19 bits per heavy atom. The lowest BCUT2D eigenvalue weighted by Gasteiger charge is -2.19. The summed E-state index contributed by atoms with van der Waals surface area (Å²) in [6, 6.07) is 2.18. The number of nitrogens with one attached hydrogen (secondary N) is 1. The van der Waals surface area contributed by atoms with E-state index >= 15 is 0 Å². The minimum Gasteiger partial charge on any atom is -0.459 e. The standard InChI is InChI=1S/C25H29F3N4O3S/c1-6-13(2)35-23(34)20-14-9-7-8-10-16(14)36-22(20)30-21(33)15-11-19-29-17(24(3,4)5)12-18(25(26,27)28)32(19)31-15/h11-13H,6-10H2,1-5H3,(H,30,33). The van der Waals surface area contributed by atoms with Crippen LogP contribution in [-0.2, 0) is 29.2 Å². The fourth-order valence-corrected chi connectivity index (χ4v) is 5.31. The van der Waals surface area contributed by atoms with Gasteiger partial charge >= 0.3 is 12.1 Å². The third kappa shape index (κ3) is 5.11. The number of amides is 1. The molecule has 4 rings (SSSR count). The van der Waals surface area contributed by atoms with E-state index in [2.05, 4.69) is 15.4 Å². The number of aromatic nitrogens is 3. The number of nitrogens with zero attached hydrogens (tertiary/aromatic N) is 3. The molecular weight excluding hydrogens is 493 g/mol. The SMILES string of the molecule is CCC(C)OC(=O)c1c(NC(=O)c2cc3nc(C(C)(C)C)cc(C(F)(F)F)n3n2)sc2c1CCCC2. The minimum atomic E-state index is -4.69. The Kier molecular flexibility index (Phi) is 6.89. The maximum Gasteiger partial charge on any atom is 0.433 e. The second kappa shape index (κ2) is 9.49. The van der Waals surface area contributed by atoms with E-state index in [1.807, 2.05) is 6.92 Å². The van der Waals surface area contributed by atoms with Crippen LogP contribution >= 0.6 is 11.3 Å². The summed E-state index contributed by atoms with van der Waals surface area (Å²) < 4.78 is 47.6. The van der Waals surface area contributed by atoms with Crippen molar-refractivity contribution in [1.82, 2.24) is 14.6 Å². The van der Waals surface area contributed by atoms with Crippen molar-refractivity contribution in [3.8, 4) is 0 Å². The Morgan fingerprint density at radius 2 is 1.89 bits per heavy atom. The smallest absolute Gasteiger partial charge is 0.433 e. The van der Waals surface area contributed by atoms with E-state index in [1.54, 1.807) is 27.7 Å². The lowest BCUT2D eigenvalue weighted by molar-refractivity contribution is -0.142. The van der Waals surface area contributed by atoms with Crippen LogP contribution in [0.25, 0.3) is 5.65 Å². The van der Waals surface area contributed by atoms with Gasteiger partial charge in [-0.25, -0.2) is 14.3 Å². The van der Waals surface area contributed by atoms with Crippen LogP contribution in [0.1, 0.15) is 96.6 Å². The first kappa shape index (κ1) is 26.1. The normalized spacial score (nSPS) is 15.0. The van der Waals surface area contributed by atoms with Gasteiger partial charge in [0.2, 0.25) is 0 Å². The number of carbonyl (C=O) groups excluding carboxylic acids is 2. The number of hydrogen-bond acceptors (Lipinski definition) is 6. The molecule has 1 aliphatic rings. The van der Waals surface area contributed by atoms with Gasteiger partial charge in [0.25, 0.3) is 5.91 Å². The number of fused-ring (bicyclic) bond motifs is 2. The molecule has 11 heteroatoms. The molecule has 7 nitrogen and oxygen atoms in total. The summed E-state index contributed by atoms with van der Waals surface area (Å²) in [5, 5.41) is 6.97. The van der Waals surface area contributed by atoms with Crippen molar-refractivity contribution < 1.29 is 27.5 Å². The highest BCUT2D eigenvalue weighted by Crippen LogP contribution is 2.39. The van der Waals surface area contributed by atoms with Crippen molar-refractivity contribution >= 4 is 33.9 Å². The summed E-state index contributed by atoms with van der Waals surface area (Å²) in [5.41, 5.74) is -0.531. The van der Waals surface area contributed by atoms with Crippen LogP contribution in [0.5, 0.6) is 0 Å². The molecule has 1 unspecified atom stereocenters. The summed E-state index contributed by atoms with van der Waals surface area (Å²) in [4.78, 5) is 31.5. The van der Waals surface area contributed by atoms with Gasteiger partial charge in [0.15, 0.2) is 11.3 Å². The summed E-state index contributed by atoms with van der Waals surface area (Å²) in [5.74, 6) is -1.23. The van der Waals surface area contributed by atoms with Crippen LogP contribution in [0.2, 0.25) is 0 Å². The minimum absolute atomic E-state index is 0.0817. The van der Waals surface area contributed by atoms with Gasteiger partial charge in [0.1, 0.15) is 10.7 Å². The topological polar surface area (TPSA) is 85.6 Å². The van der Waals surface area contributed by atoms with E-state index in [9.17, 15) is 22.8 Å². The molecule has 0 aliphatic heterocycles. The Morgan fingerprint density at radius 3 is 2.53 bits per heavy atom. The number of halogens is 3. The molecule has 36 heavy (non-hydrogen) atoms. The van der Waals surface area contributed by atoms with E-state index in [0.29, 0.717) is 27.9 Å². The van der Waals surface area contributed by atoms with Crippen molar-refractivity contribution in [3.63, 3.8) is 0 Å². The monoisotopic (exact) mass is 522 g/mol. The molecule has 3 aromatic heterocycles. The van der Waals surface area contributed by atoms with E-state index in [0.717, 1.165) is 35.8 Å². The van der Waals surface area contributed by atoms with Gasteiger partial charge in [-0.3, -0.25) is 4.79 Å². The fraction of sp³-hybridized carbons (Fsp3) is 0.520. The predicted molar refractivity (Wildman–Crippen MR) is 131 cm³/mol. The van der Waals surface area contributed by atoms with Gasteiger partial charge < -0.3 is 10.1 Å². The highest BCUT2D eigenvalue weighted by molar-refractivity contribution is 7.17. The Bertz CT molecular complexity index is 1320. The Labute approximate surface area is 211 Å². The molecule has 0 saturated carbocycles. The maximum atomic E-state index is 13.8. The van der Waals surface area contributed by atoms with Crippen LogP contribution in [0, 0.1) is 0 Å². The largest absolute Gasteiger partial charge is 0.459 e. The number of thiophene rings is 1. The molecule has 1 atom stereocenters. The van der Waals surface area contributed by atoms with Gasteiger partial charge in [-0.2, -0.15) is 18.3 Å². The van der Waals surface area contributed by atoms with Crippen LogP contribution in [-0.4, -0.2) is 32.6 Å². The number of rotatable bonds is 5. The summed E-state index contributed by atoms with van der Waals surface area (Å²) in [6.07, 6.45) is -0.933. The molecule has 194 valence electrons. The molecule has 3 heterocycles. The zero-order chi connectivity index (χ0) is 26.4. The third-order valence-corrected chi connectivity index (χ3v) is 7.41. The van der Waals surface area contributed by atoms with Gasteiger partial charge in [-0.05, 0) is 50.7 Å². The first-order chi connectivity index (χ1) is 16.8. The number of alkyl halides is 3. The van der Waals surface area contributed by atoms with Gasteiger partial charge in [-0.1, -0.05) is 27.7 Å². The van der Waals surface area contributed by atoms with Crippen LogP contribution in [0.15, 0.2) is 12.1 Å². The number of ether oxygens (including phenoxy) is 1. The summed E-state index contributed by atoms with van der Waals surface area (Å²) in [7, 11) is 0. The Balaban J connectivity index is 1.73. The molecule has 0 bridgehead atoms. The maximum absolute atomic E-state index is 13.8. The van der Waals surface area contributed by atoms with Crippen LogP contribution in [0.3, 0.4) is 0 Å². The molecule has 1 N–H and O–H groups in total. The van der Waals surface area contributed by atoms with Crippen molar-refractivity contribution in [2.45, 2.75) is 84.4 Å². The summed E-state index contributed by atoms with van der Waals surface area (Å²) in [6.45, 7) is 8.97. The number of esters is 1. The number of hydrogen-bond donors (Lipinski definition) is 1. The zero-order valence-corrected chi connectivity index (χ0v) is 21.7. The van der Waals surface area contributed by atoms with E-state index in [4.69, 9.17) is 4.74 Å². The Hall–Kier alpha value is -2.95. The van der Waals surface area contributed by atoms with Crippen LogP contribution in [0.4, 0.5) is 18.2 Å². The van der Waals surface area contributed by atoms with Crippen molar-refractivity contribution in [2.75, 3.05) is 5.32 Å². The molecule has 0 saturated heterocycles. The van der Waals surface area contributed by atoms with Gasteiger partial charge in [0, 0.05) is 16.4 Å². The number of aryl methyl sites for hydroxylation is 1. The fourth-order valence-electron chi connectivity index (χ4n) is 4.03. The zero-order valence-electron chi connectivity index (χ0n) is 20.9. The first-order valence-corrected chi connectivity index (χ1v) is 12.8. The first-order valence-electron chi connectivity index (χ1n) is 11.9. The number of anilines is 1. The molecule has 0 aromatic carbocycles.